The number of hydrogen-bond acceptors (Lipinski definition) is 5. The van der Waals surface area contributed by atoms with Crippen molar-refractivity contribution < 1.29 is 4.74 Å². The average Bonchev–Trinajstić information content (AvgIpc) is 2.39. The van der Waals surface area contributed by atoms with Crippen LogP contribution in [0.2, 0.25) is 0 Å². The summed E-state index contributed by atoms with van der Waals surface area (Å²) in [5, 5.41) is 6.42. The van der Waals surface area contributed by atoms with Crippen LogP contribution in [0, 0.1) is 6.92 Å². The van der Waals surface area contributed by atoms with Crippen molar-refractivity contribution in [2.24, 2.45) is 0 Å². The third kappa shape index (κ3) is 3.93. The second-order valence-electron chi connectivity index (χ2n) is 4.51. The first-order valence-corrected chi connectivity index (χ1v) is 6.65. The lowest BCUT2D eigenvalue weighted by molar-refractivity contribution is 0.185. The zero-order chi connectivity index (χ0) is 14.4. The lowest BCUT2D eigenvalue weighted by Crippen LogP contribution is -2.05. The Morgan fingerprint density at radius 1 is 1.20 bits per heavy atom. The van der Waals surface area contributed by atoms with Crippen molar-refractivity contribution in [3.8, 4) is 0 Å². The average molecular weight is 272 g/mol. The van der Waals surface area contributed by atoms with E-state index in [4.69, 9.17) is 4.74 Å². The van der Waals surface area contributed by atoms with Gasteiger partial charge in [0.25, 0.3) is 0 Å². The Bertz CT molecular complexity index is 572. The van der Waals surface area contributed by atoms with Gasteiger partial charge < -0.3 is 15.4 Å². The molecule has 0 saturated heterocycles. The number of nitrogens with one attached hydrogen (secondary N) is 2. The van der Waals surface area contributed by atoms with Crippen LogP contribution in [-0.2, 0) is 11.3 Å². The summed E-state index contributed by atoms with van der Waals surface area (Å²) in [6.45, 7) is 5.37. The van der Waals surface area contributed by atoms with Gasteiger partial charge in [0.15, 0.2) is 0 Å². The highest BCUT2D eigenvalue weighted by Crippen LogP contribution is 2.18. The van der Waals surface area contributed by atoms with Gasteiger partial charge in [-0.1, -0.05) is 12.1 Å². The molecule has 0 aliphatic heterocycles. The number of rotatable bonds is 6. The molecule has 1 heterocycles. The first-order valence-electron chi connectivity index (χ1n) is 6.65. The number of nitrogens with zero attached hydrogens (tertiary/aromatic N) is 2. The molecule has 0 amide bonds. The first-order chi connectivity index (χ1) is 9.71. The Morgan fingerprint density at radius 3 is 2.80 bits per heavy atom. The largest absolute Gasteiger partial charge is 0.380 e. The van der Waals surface area contributed by atoms with Crippen LogP contribution in [0.3, 0.4) is 0 Å². The molecule has 0 fully saturated rings. The van der Waals surface area contributed by atoms with E-state index >= 15 is 0 Å². The van der Waals surface area contributed by atoms with Crippen molar-refractivity contribution in [1.29, 1.82) is 0 Å². The van der Waals surface area contributed by atoms with Crippen molar-refractivity contribution >= 4 is 17.5 Å². The fourth-order valence-electron chi connectivity index (χ4n) is 1.92. The van der Waals surface area contributed by atoms with Gasteiger partial charge in [0, 0.05) is 31.1 Å². The third-order valence-corrected chi connectivity index (χ3v) is 2.70. The van der Waals surface area contributed by atoms with Crippen LogP contribution < -0.4 is 10.6 Å². The van der Waals surface area contributed by atoms with Crippen LogP contribution in [0.4, 0.5) is 17.5 Å². The molecule has 0 bridgehead atoms. The van der Waals surface area contributed by atoms with Gasteiger partial charge in [-0.25, -0.2) is 4.98 Å². The van der Waals surface area contributed by atoms with Crippen molar-refractivity contribution in [2.45, 2.75) is 20.5 Å². The highest BCUT2D eigenvalue weighted by molar-refractivity contribution is 5.58. The molecule has 20 heavy (non-hydrogen) atoms. The molecule has 1 aromatic heterocycles. The molecule has 0 unspecified atom stereocenters. The number of hydrogen-bond donors (Lipinski definition) is 2. The second kappa shape index (κ2) is 6.86. The molecule has 5 heteroatoms. The first kappa shape index (κ1) is 14.3. The van der Waals surface area contributed by atoms with Gasteiger partial charge in [-0.15, -0.1) is 0 Å². The summed E-state index contributed by atoms with van der Waals surface area (Å²) in [6.07, 6.45) is 0. The maximum Gasteiger partial charge on any atom is 0.224 e. The predicted octanol–water partition coefficient (Wildman–Crippen LogP) is 3.11. The number of aromatic nitrogens is 2. The Balaban J connectivity index is 2.18. The molecule has 0 atom stereocenters. The second-order valence-corrected chi connectivity index (χ2v) is 4.51. The van der Waals surface area contributed by atoms with E-state index in [-0.39, 0.29) is 0 Å². The van der Waals surface area contributed by atoms with Crippen molar-refractivity contribution in [1.82, 2.24) is 9.97 Å². The van der Waals surface area contributed by atoms with Gasteiger partial charge in [0.2, 0.25) is 5.95 Å². The maximum atomic E-state index is 5.14. The molecule has 0 radical (unpaired) electrons. The quantitative estimate of drug-likeness (QED) is 0.846. The van der Waals surface area contributed by atoms with E-state index in [1.54, 1.807) is 7.11 Å². The Hall–Kier alpha value is -2.14. The number of anilines is 3. The number of aryl methyl sites for hydroxylation is 1. The van der Waals surface area contributed by atoms with Gasteiger partial charge in [-0.2, -0.15) is 4.98 Å². The highest BCUT2D eigenvalue weighted by Gasteiger charge is 2.02. The molecule has 0 aliphatic carbocycles. The van der Waals surface area contributed by atoms with E-state index in [1.807, 2.05) is 44.2 Å². The minimum atomic E-state index is 0.598. The summed E-state index contributed by atoms with van der Waals surface area (Å²) in [5.41, 5.74) is 3.03. The lowest BCUT2D eigenvalue weighted by atomic mass is 10.2. The van der Waals surface area contributed by atoms with Crippen LogP contribution in [-0.4, -0.2) is 23.6 Å². The molecule has 1 aromatic carbocycles. The molecule has 0 aliphatic rings. The van der Waals surface area contributed by atoms with E-state index in [2.05, 4.69) is 20.6 Å². The summed E-state index contributed by atoms with van der Waals surface area (Å²) in [7, 11) is 1.69. The summed E-state index contributed by atoms with van der Waals surface area (Å²) in [5.74, 6) is 1.42. The zero-order valence-corrected chi connectivity index (χ0v) is 12.1. The van der Waals surface area contributed by atoms with Gasteiger partial charge >= 0.3 is 0 Å². The van der Waals surface area contributed by atoms with Gasteiger partial charge in [0.05, 0.1) is 6.61 Å². The summed E-state index contributed by atoms with van der Waals surface area (Å²) >= 11 is 0. The summed E-state index contributed by atoms with van der Waals surface area (Å²) in [6, 6.07) is 10.0. The highest BCUT2D eigenvalue weighted by atomic mass is 16.5. The Kier molecular flexibility index (Phi) is 4.90. The Morgan fingerprint density at radius 2 is 2.05 bits per heavy atom. The van der Waals surface area contributed by atoms with Gasteiger partial charge in [0.1, 0.15) is 5.82 Å². The van der Waals surface area contributed by atoms with Crippen LogP contribution in [0.15, 0.2) is 30.3 Å². The molecule has 106 valence electrons. The van der Waals surface area contributed by atoms with Crippen molar-refractivity contribution in [2.75, 3.05) is 24.3 Å². The predicted molar refractivity (Wildman–Crippen MR) is 81.4 cm³/mol. The number of methoxy groups -OCH3 is 1. The van der Waals surface area contributed by atoms with E-state index in [1.165, 1.54) is 0 Å². The molecule has 2 N–H and O–H groups in total. The third-order valence-electron chi connectivity index (χ3n) is 2.70. The smallest absolute Gasteiger partial charge is 0.224 e. The molecule has 0 saturated carbocycles. The van der Waals surface area contributed by atoms with E-state index in [9.17, 15) is 0 Å². The lowest BCUT2D eigenvalue weighted by Gasteiger charge is -2.10. The molecule has 2 rings (SSSR count). The molecule has 5 nitrogen and oxygen atoms in total. The summed E-state index contributed by atoms with van der Waals surface area (Å²) in [4.78, 5) is 8.76. The SMILES string of the molecule is CCNc1nc(C)cc(Nc2cccc(COC)c2)n1. The maximum absolute atomic E-state index is 5.14. The van der Waals surface area contributed by atoms with Crippen LogP contribution in [0.25, 0.3) is 0 Å². The van der Waals surface area contributed by atoms with E-state index in [0.717, 1.165) is 29.3 Å². The fourth-order valence-corrected chi connectivity index (χ4v) is 1.92. The number of ether oxygens (including phenoxy) is 1. The zero-order valence-electron chi connectivity index (χ0n) is 12.1. The normalized spacial score (nSPS) is 10.3. The fraction of sp³-hybridized carbons (Fsp3) is 0.333. The summed E-state index contributed by atoms with van der Waals surface area (Å²) < 4.78 is 5.14. The Labute approximate surface area is 119 Å². The number of benzene rings is 1. The van der Waals surface area contributed by atoms with Crippen molar-refractivity contribution in [3.63, 3.8) is 0 Å². The van der Waals surface area contributed by atoms with Crippen LogP contribution >= 0.6 is 0 Å². The van der Waals surface area contributed by atoms with E-state index in [0.29, 0.717) is 12.6 Å². The molecular formula is C15H20N4O. The van der Waals surface area contributed by atoms with Gasteiger partial charge in [-0.3, -0.25) is 0 Å². The molecule has 0 spiro atoms. The van der Waals surface area contributed by atoms with Crippen LogP contribution in [0.5, 0.6) is 0 Å². The molecule has 2 aromatic rings. The standard InChI is InChI=1S/C15H20N4O/c1-4-16-15-17-11(2)8-14(19-15)18-13-7-5-6-12(9-13)10-20-3/h5-9H,4,10H2,1-3H3,(H2,16,17,18,19). The topological polar surface area (TPSA) is 59.1 Å². The molecular weight excluding hydrogens is 252 g/mol. The van der Waals surface area contributed by atoms with Crippen LogP contribution in [0.1, 0.15) is 18.2 Å². The monoisotopic (exact) mass is 272 g/mol. The van der Waals surface area contributed by atoms with E-state index < -0.39 is 0 Å². The van der Waals surface area contributed by atoms with Gasteiger partial charge in [-0.05, 0) is 31.5 Å². The minimum absolute atomic E-state index is 0.598. The van der Waals surface area contributed by atoms with Crippen molar-refractivity contribution in [3.05, 3.63) is 41.6 Å². The minimum Gasteiger partial charge on any atom is -0.380 e.